The SMILES string of the molecule is CC(CC(F)(F)F)N(C)C(=O)O[C@@H]1CC[C@H](C2CC(NC(=O)Cc3ccno3)=NN2)C1. The van der Waals surface area contributed by atoms with Crippen LogP contribution in [0.1, 0.15) is 44.8 Å². The number of alkyl halides is 3. The van der Waals surface area contributed by atoms with E-state index < -0.39 is 24.7 Å². The van der Waals surface area contributed by atoms with Crippen LogP contribution in [0.5, 0.6) is 0 Å². The number of hydrogen-bond donors (Lipinski definition) is 2. The summed E-state index contributed by atoms with van der Waals surface area (Å²) in [5, 5.41) is 10.5. The molecule has 2 heterocycles. The van der Waals surface area contributed by atoms with E-state index in [1.54, 1.807) is 6.07 Å². The fourth-order valence-corrected chi connectivity index (χ4v) is 3.83. The molecule has 4 atom stereocenters. The lowest BCUT2D eigenvalue weighted by molar-refractivity contribution is -0.144. The third-order valence-corrected chi connectivity index (χ3v) is 5.63. The van der Waals surface area contributed by atoms with Crippen molar-refractivity contribution in [1.82, 2.24) is 20.8 Å². The molecule has 0 bridgehead atoms. The number of nitrogens with one attached hydrogen (secondary N) is 2. The van der Waals surface area contributed by atoms with Crippen molar-refractivity contribution in [3.8, 4) is 0 Å². The first kappa shape index (κ1) is 22.9. The number of ether oxygens (including phenoxy) is 1. The van der Waals surface area contributed by atoms with E-state index >= 15 is 0 Å². The maximum absolute atomic E-state index is 12.5. The summed E-state index contributed by atoms with van der Waals surface area (Å²) < 4.78 is 47.9. The van der Waals surface area contributed by atoms with Gasteiger partial charge in [-0.25, -0.2) is 4.79 Å². The maximum Gasteiger partial charge on any atom is 0.410 e. The van der Waals surface area contributed by atoms with E-state index in [1.807, 2.05) is 0 Å². The first-order chi connectivity index (χ1) is 14.6. The summed E-state index contributed by atoms with van der Waals surface area (Å²) in [6, 6.07) is 0.599. The molecule has 1 saturated carbocycles. The van der Waals surface area contributed by atoms with Crippen LogP contribution in [-0.2, 0) is 16.0 Å². The van der Waals surface area contributed by atoms with Gasteiger partial charge >= 0.3 is 12.3 Å². The zero-order valence-electron chi connectivity index (χ0n) is 17.3. The molecule has 1 aromatic rings. The molecule has 2 unspecified atom stereocenters. The zero-order valence-corrected chi connectivity index (χ0v) is 17.3. The van der Waals surface area contributed by atoms with Gasteiger partial charge < -0.3 is 24.9 Å². The Morgan fingerprint density at radius 3 is 2.87 bits per heavy atom. The van der Waals surface area contributed by atoms with Gasteiger partial charge in [-0.2, -0.15) is 18.3 Å². The number of carbonyl (C=O) groups is 2. The Bertz CT molecular complexity index is 799. The summed E-state index contributed by atoms with van der Waals surface area (Å²) in [5.74, 6) is 0.890. The maximum atomic E-state index is 12.5. The second-order valence-electron chi connectivity index (χ2n) is 8.06. The lowest BCUT2D eigenvalue weighted by Crippen LogP contribution is -2.39. The molecule has 1 aromatic heterocycles. The van der Waals surface area contributed by atoms with Gasteiger partial charge in [0, 0.05) is 25.6 Å². The van der Waals surface area contributed by atoms with Crippen LogP contribution >= 0.6 is 0 Å². The first-order valence-corrected chi connectivity index (χ1v) is 10.1. The average molecular weight is 445 g/mol. The molecular weight excluding hydrogens is 419 g/mol. The number of carbonyl (C=O) groups excluding carboxylic acids is 2. The largest absolute Gasteiger partial charge is 0.446 e. The summed E-state index contributed by atoms with van der Waals surface area (Å²) in [4.78, 5) is 25.2. The van der Waals surface area contributed by atoms with Crippen molar-refractivity contribution in [3.05, 3.63) is 18.0 Å². The van der Waals surface area contributed by atoms with E-state index in [2.05, 4.69) is 21.0 Å². The predicted octanol–water partition coefficient (Wildman–Crippen LogP) is 2.59. The Kier molecular flexibility index (Phi) is 7.06. The summed E-state index contributed by atoms with van der Waals surface area (Å²) in [6.07, 6.45) is -2.49. The number of hydrazone groups is 1. The van der Waals surface area contributed by atoms with Crippen LogP contribution < -0.4 is 10.7 Å². The van der Waals surface area contributed by atoms with Crippen molar-refractivity contribution >= 4 is 17.8 Å². The summed E-state index contributed by atoms with van der Waals surface area (Å²) in [5.41, 5.74) is 3.02. The standard InChI is InChI=1S/C19H26F3N5O4/c1-11(10-19(20,21)22)27(2)18(29)30-13-4-3-12(7-13)15-9-16(26-25-15)24-17(28)8-14-5-6-23-31-14/h5-6,11-13,15,25H,3-4,7-10H2,1-2H3,(H,24,26,28)/t11?,12-,13+,15?/m0/s1. The highest BCUT2D eigenvalue weighted by Crippen LogP contribution is 2.33. The van der Waals surface area contributed by atoms with E-state index in [-0.39, 0.29) is 30.4 Å². The van der Waals surface area contributed by atoms with E-state index in [0.717, 1.165) is 11.3 Å². The Labute approximate surface area is 177 Å². The van der Waals surface area contributed by atoms with Gasteiger partial charge in [0.1, 0.15) is 17.7 Å². The molecule has 1 aliphatic carbocycles. The Morgan fingerprint density at radius 2 is 2.19 bits per heavy atom. The van der Waals surface area contributed by atoms with E-state index in [0.29, 0.717) is 30.9 Å². The Morgan fingerprint density at radius 1 is 1.42 bits per heavy atom. The minimum atomic E-state index is -4.34. The van der Waals surface area contributed by atoms with Gasteiger partial charge in [-0.05, 0) is 32.1 Å². The number of nitrogens with zero attached hydrogens (tertiary/aromatic N) is 3. The molecule has 2 aliphatic rings. The molecule has 0 saturated heterocycles. The Balaban J connectivity index is 1.40. The summed E-state index contributed by atoms with van der Waals surface area (Å²) >= 11 is 0. The second-order valence-corrected chi connectivity index (χ2v) is 8.06. The van der Waals surface area contributed by atoms with Gasteiger partial charge in [0.25, 0.3) is 0 Å². The van der Waals surface area contributed by atoms with Crippen molar-refractivity contribution in [3.63, 3.8) is 0 Å². The third kappa shape index (κ3) is 6.59. The predicted molar refractivity (Wildman–Crippen MR) is 103 cm³/mol. The highest BCUT2D eigenvalue weighted by molar-refractivity contribution is 5.99. The minimum absolute atomic E-state index is 0.00818. The van der Waals surface area contributed by atoms with Crippen LogP contribution in [0.25, 0.3) is 0 Å². The number of amides is 2. The van der Waals surface area contributed by atoms with Gasteiger partial charge in [-0.15, -0.1) is 0 Å². The van der Waals surface area contributed by atoms with Gasteiger partial charge in [0.15, 0.2) is 0 Å². The van der Waals surface area contributed by atoms with Gasteiger partial charge in [-0.3, -0.25) is 4.79 Å². The van der Waals surface area contributed by atoms with E-state index in [1.165, 1.54) is 20.2 Å². The van der Waals surface area contributed by atoms with Gasteiger partial charge in [0.2, 0.25) is 5.91 Å². The first-order valence-electron chi connectivity index (χ1n) is 10.1. The lowest BCUT2D eigenvalue weighted by atomic mass is 9.96. The van der Waals surface area contributed by atoms with Crippen LogP contribution in [0, 0.1) is 5.92 Å². The van der Waals surface area contributed by atoms with E-state index in [9.17, 15) is 22.8 Å². The molecule has 1 aliphatic heterocycles. The third-order valence-electron chi connectivity index (χ3n) is 5.63. The summed E-state index contributed by atoms with van der Waals surface area (Å²) in [6.45, 7) is 1.34. The van der Waals surface area contributed by atoms with Crippen molar-refractivity contribution in [2.45, 2.75) is 69.8 Å². The number of amidine groups is 1. The fourth-order valence-electron chi connectivity index (χ4n) is 3.83. The molecule has 0 spiro atoms. The molecule has 0 aromatic carbocycles. The van der Waals surface area contributed by atoms with E-state index in [4.69, 9.17) is 9.26 Å². The molecular formula is C19H26F3N5O4. The number of rotatable bonds is 6. The van der Waals surface area contributed by atoms with Crippen LogP contribution in [0.2, 0.25) is 0 Å². The number of halogens is 3. The Hall–Kier alpha value is -2.79. The molecule has 31 heavy (non-hydrogen) atoms. The topological polar surface area (TPSA) is 109 Å². The second kappa shape index (κ2) is 9.56. The van der Waals surface area contributed by atoms with Gasteiger partial charge in [0.05, 0.1) is 25.1 Å². The molecule has 0 radical (unpaired) electrons. The highest BCUT2D eigenvalue weighted by atomic mass is 19.4. The van der Waals surface area contributed by atoms with Crippen molar-refractivity contribution in [2.24, 2.45) is 11.0 Å². The van der Waals surface area contributed by atoms with Crippen molar-refractivity contribution in [1.29, 1.82) is 0 Å². The zero-order chi connectivity index (χ0) is 22.6. The molecule has 2 N–H and O–H groups in total. The lowest BCUT2D eigenvalue weighted by Gasteiger charge is -2.26. The number of hydrogen-bond acceptors (Lipinski definition) is 7. The van der Waals surface area contributed by atoms with Crippen LogP contribution in [-0.4, -0.2) is 59.3 Å². The highest BCUT2D eigenvalue weighted by Gasteiger charge is 2.37. The molecule has 12 heteroatoms. The molecule has 2 amide bonds. The monoisotopic (exact) mass is 445 g/mol. The molecule has 9 nitrogen and oxygen atoms in total. The smallest absolute Gasteiger partial charge is 0.410 e. The quantitative estimate of drug-likeness (QED) is 0.697. The summed E-state index contributed by atoms with van der Waals surface area (Å²) in [7, 11) is 1.31. The number of aromatic nitrogens is 1. The van der Waals surface area contributed by atoms with Gasteiger partial charge in [-0.1, -0.05) is 5.16 Å². The molecule has 172 valence electrons. The molecule has 3 rings (SSSR count). The van der Waals surface area contributed by atoms with Crippen LogP contribution in [0.4, 0.5) is 18.0 Å². The normalized spacial score (nSPS) is 24.3. The average Bonchev–Trinajstić information content (AvgIpc) is 3.41. The van der Waals surface area contributed by atoms with Crippen molar-refractivity contribution in [2.75, 3.05) is 7.05 Å². The minimum Gasteiger partial charge on any atom is -0.446 e. The molecule has 1 fully saturated rings. The van der Waals surface area contributed by atoms with Crippen LogP contribution in [0.15, 0.2) is 21.9 Å². The fraction of sp³-hybridized carbons (Fsp3) is 0.684. The van der Waals surface area contributed by atoms with Crippen LogP contribution in [0.3, 0.4) is 0 Å². The van der Waals surface area contributed by atoms with Crippen molar-refractivity contribution < 1.29 is 32.0 Å².